The van der Waals surface area contributed by atoms with Gasteiger partial charge in [-0.05, 0) is 23.6 Å². The van der Waals surface area contributed by atoms with Crippen LogP contribution >= 0.6 is 11.3 Å². The molecule has 2 heterocycles. The van der Waals surface area contributed by atoms with Gasteiger partial charge in [0.1, 0.15) is 0 Å². The number of thiazole rings is 1. The van der Waals surface area contributed by atoms with E-state index in [0.29, 0.717) is 0 Å². The second-order valence-corrected chi connectivity index (χ2v) is 8.12. The molecule has 0 spiro atoms. The minimum atomic E-state index is -0.557. The van der Waals surface area contributed by atoms with Gasteiger partial charge in [0, 0.05) is 18.8 Å². The topological polar surface area (TPSA) is 80.5 Å². The minimum Gasteiger partial charge on any atom is -0.378 e. The highest BCUT2D eigenvalue weighted by molar-refractivity contribution is 7.22. The molecular weight excluding hydrogens is 324 g/mol. The highest BCUT2D eigenvalue weighted by Gasteiger charge is 2.27. The molecular formula is C17H24N4O2S. The third-order valence-electron chi connectivity index (χ3n) is 4.14. The van der Waals surface area contributed by atoms with Crippen LogP contribution in [0.3, 0.4) is 0 Å². The molecule has 24 heavy (non-hydrogen) atoms. The summed E-state index contributed by atoms with van der Waals surface area (Å²) in [5.74, 6) is -0.167. The zero-order chi connectivity index (χ0) is 17.3. The third-order valence-corrected chi connectivity index (χ3v) is 5.22. The minimum absolute atomic E-state index is 0.167. The number of ether oxygens (including phenoxy) is 1. The van der Waals surface area contributed by atoms with Crippen molar-refractivity contribution in [3.8, 4) is 0 Å². The summed E-state index contributed by atoms with van der Waals surface area (Å²) < 4.78 is 6.44. The summed E-state index contributed by atoms with van der Waals surface area (Å²) in [4.78, 5) is 19.2. The number of amides is 1. The molecule has 0 bridgehead atoms. The van der Waals surface area contributed by atoms with E-state index in [1.165, 1.54) is 0 Å². The summed E-state index contributed by atoms with van der Waals surface area (Å²) in [6.07, 6.45) is 0. The molecule has 1 fully saturated rings. The van der Waals surface area contributed by atoms with E-state index in [1.54, 1.807) is 11.3 Å². The molecule has 0 unspecified atom stereocenters. The summed E-state index contributed by atoms with van der Waals surface area (Å²) in [5.41, 5.74) is 7.44. The molecule has 3 N–H and O–H groups in total. The summed E-state index contributed by atoms with van der Waals surface area (Å²) in [6.45, 7) is 9.08. The fraction of sp³-hybridized carbons (Fsp3) is 0.529. The zero-order valence-electron chi connectivity index (χ0n) is 14.3. The van der Waals surface area contributed by atoms with Crippen LogP contribution in [0.15, 0.2) is 18.2 Å². The van der Waals surface area contributed by atoms with Gasteiger partial charge in [0.25, 0.3) is 0 Å². The van der Waals surface area contributed by atoms with Crippen LogP contribution in [0.4, 0.5) is 10.8 Å². The van der Waals surface area contributed by atoms with Gasteiger partial charge in [0.05, 0.1) is 29.5 Å². The lowest BCUT2D eigenvalue weighted by Gasteiger charge is -2.25. The number of hydrogen-bond donors (Lipinski definition) is 2. The molecule has 0 saturated carbocycles. The molecule has 2 aromatic rings. The first-order chi connectivity index (χ1) is 11.3. The van der Waals surface area contributed by atoms with Crippen molar-refractivity contribution in [1.82, 2.24) is 4.98 Å². The van der Waals surface area contributed by atoms with Gasteiger partial charge in [0.2, 0.25) is 5.91 Å². The molecule has 0 radical (unpaired) electrons. The van der Waals surface area contributed by atoms with E-state index in [0.717, 1.165) is 47.3 Å². The maximum absolute atomic E-state index is 12.3. The highest BCUT2D eigenvalue weighted by atomic mass is 32.1. The first-order valence-electron chi connectivity index (χ1n) is 8.14. The lowest BCUT2D eigenvalue weighted by molar-refractivity contribution is -0.119. The monoisotopic (exact) mass is 348 g/mol. The SMILES string of the molecule is CC(C)(C)[C@H](N)C(=O)Nc1ccc2nc(N3CCOCC3)sc2c1. The van der Waals surface area contributed by atoms with E-state index < -0.39 is 6.04 Å². The molecule has 1 aromatic heterocycles. The number of carbonyl (C=O) groups excluding carboxylic acids is 1. The number of nitrogens with two attached hydrogens (primary N) is 1. The Morgan fingerprint density at radius 2 is 2.08 bits per heavy atom. The third kappa shape index (κ3) is 3.68. The number of benzene rings is 1. The summed E-state index contributed by atoms with van der Waals surface area (Å²) in [5, 5.41) is 3.91. The van der Waals surface area contributed by atoms with Crippen molar-refractivity contribution in [3.05, 3.63) is 18.2 Å². The Morgan fingerprint density at radius 3 is 2.75 bits per heavy atom. The second-order valence-electron chi connectivity index (χ2n) is 7.11. The van der Waals surface area contributed by atoms with E-state index >= 15 is 0 Å². The quantitative estimate of drug-likeness (QED) is 0.890. The van der Waals surface area contributed by atoms with Crippen molar-refractivity contribution in [3.63, 3.8) is 0 Å². The van der Waals surface area contributed by atoms with Gasteiger partial charge in [-0.15, -0.1) is 0 Å². The molecule has 1 amide bonds. The summed E-state index contributed by atoms with van der Waals surface area (Å²) >= 11 is 1.64. The molecule has 1 atom stereocenters. The average Bonchev–Trinajstić information content (AvgIpc) is 2.97. The van der Waals surface area contributed by atoms with Gasteiger partial charge in [0.15, 0.2) is 5.13 Å². The van der Waals surface area contributed by atoms with Crippen LogP contribution < -0.4 is 16.0 Å². The standard InChI is InChI=1S/C17H24N4O2S/c1-17(2,3)14(18)15(22)19-11-4-5-12-13(10-11)24-16(20-12)21-6-8-23-9-7-21/h4-5,10,14H,6-9,18H2,1-3H3,(H,19,22)/t14-/m1/s1. The van der Waals surface area contributed by atoms with Crippen LogP contribution in [-0.2, 0) is 9.53 Å². The Balaban J connectivity index is 1.77. The van der Waals surface area contributed by atoms with Gasteiger partial charge in [-0.1, -0.05) is 32.1 Å². The number of carbonyl (C=O) groups is 1. The van der Waals surface area contributed by atoms with E-state index in [4.69, 9.17) is 10.5 Å². The van der Waals surface area contributed by atoms with Gasteiger partial charge >= 0.3 is 0 Å². The second kappa shape index (κ2) is 6.66. The first-order valence-corrected chi connectivity index (χ1v) is 8.96. The number of anilines is 2. The number of nitrogens with zero attached hydrogens (tertiary/aromatic N) is 2. The number of fused-ring (bicyclic) bond motifs is 1. The average molecular weight is 348 g/mol. The highest BCUT2D eigenvalue weighted by Crippen LogP contribution is 2.31. The van der Waals surface area contributed by atoms with E-state index in [-0.39, 0.29) is 11.3 Å². The molecule has 130 valence electrons. The predicted molar refractivity (Wildman–Crippen MR) is 98.7 cm³/mol. The van der Waals surface area contributed by atoms with Gasteiger partial charge in [-0.3, -0.25) is 4.79 Å². The lowest BCUT2D eigenvalue weighted by Crippen LogP contribution is -2.45. The molecule has 1 aromatic carbocycles. The normalized spacial score (nSPS) is 17.1. The van der Waals surface area contributed by atoms with Gasteiger partial charge < -0.3 is 20.7 Å². The van der Waals surface area contributed by atoms with Gasteiger partial charge in [-0.2, -0.15) is 0 Å². The number of nitrogens with one attached hydrogen (secondary N) is 1. The maximum Gasteiger partial charge on any atom is 0.241 e. The van der Waals surface area contributed by atoms with Crippen LogP contribution in [0.1, 0.15) is 20.8 Å². The molecule has 1 aliphatic heterocycles. The van der Waals surface area contributed by atoms with Gasteiger partial charge in [-0.25, -0.2) is 4.98 Å². The Morgan fingerprint density at radius 1 is 1.38 bits per heavy atom. The molecule has 7 heteroatoms. The summed E-state index contributed by atoms with van der Waals surface area (Å²) in [7, 11) is 0. The number of hydrogen-bond acceptors (Lipinski definition) is 6. The lowest BCUT2D eigenvalue weighted by atomic mass is 9.87. The van der Waals surface area contributed by atoms with Crippen LogP contribution in [0, 0.1) is 5.41 Å². The fourth-order valence-corrected chi connectivity index (χ4v) is 3.55. The van der Waals surface area contributed by atoms with Crippen molar-refractivity contribution < 1.29 is 9.53 Å². The zero-order valence-corrected chi connectivity index (χ0v) is 15.2. The Kier molecular flexibility index (Phi) is 4.76. The van der Waals surface area contributed by atoms with E-state index in [1.807, 2.05) is 39.0 Å². The molecule has 1 saturated heterocycles. The van der Waals surface area contributed by atoms with Crippen LogP contribution in [0.2, 0.25) is 0 Å². The van der Waals surface area contributed by atoms with Crippen molar-refractivity contribution in [2.75, 3.05) is 36.5 Å². The van der Waals surface area contributed by atoms with Crippen molar-refractivity contribution in [1.29, 1.82) is 0 Å². The molecule has 3 rings (SSSR count). The van der Waals surface area contributed by atoms with Crippen LogP contribution in [0.25, 0.3) is 10.2 Å². The Labute approximate surface area is 146 Å². The van der Waals surface area contributed by atoms with Crippen LogP contribution in [-0.4, -0.2) is 43.2 Å². The van der Waals surface area contributed by atoms with Crippen molar-refractivity contribution >= 4 is 38.3 Å². The summed E-state index contributed by atoms with van der Waals surface area (Å²) in [6, 6.07) is 5.22. The maximum atomic E-state index is 12.3. The van der Waals surface area contributed by atoms with E-state index in [9.17, 15) is 4.79 Å². The molecule has 1 aliphatic rings. The Bertz CT molecular complexity index is 732. The molecule has 0 aliphatic carbocycles. The van der Waals surface area contributed by atoms with Crippen molar-refractivity contribution in [2.45, 2.75) is 26.8 Å². The number of aromatic nitrogens is 1. The first kappa shape index (κ1) is 17.1. The van der Waals surface area contributed by atoms with E-state index in [2.05, 4.69) is 15.2 Å². The fourth-order valence-electron chi connectivity index (χ4n) is 2.49. The largest absolute Gasteiger partial charge is 0.378 e. The molecule has 6 nitrogen and oxygen atoms in total. The smallest absolute Gasteiger partial charge is 0.241 e. The van der Waals surface area contributed by atoms with Crippen molar-refractivity contribution in [2.24, 2.45) is 11.1 Å². The number of morpholine rings is 1. The predicted octanol–water partition coefficient (Wildman–Crippen LogP) is 2.44. The number of rotatable bonds is 3. The van der Waals surface area contributed by atoms with Crippen LogP contribution in [0.5, 0.6) is 0 Å². The Hall–Kier alpha value is -1.70.